The Labute approximate surface area is 123 Å². The summed E-state index contributed by atoms with van der Waals surface area (Å²) in [6.45, 7) is 0. The van der Waals surface area contributed by atoms with Crippen LogP contribution < -0.4 is 5.32 Å². The largest absolute Gasteiger partial charge is 0.325 e. The predicted molar refractivity (Wildman–Crippen MR) is 78.2 cm³/mol. The Morgan fingerprint density at radius 3 is 2.19 bits per heavy atom. The van der Waals surface area contributed by atoms with Gasteiger partial charge in [0, 0.05) is 11.9 Å². The summed E-state index contributed by atoms with van der Waals surface area (Å²) in [7, 11) is -7.19. The van der Waals surface area contributed by atoms with Crippen molar-refractivity contribution in [3.8, 4) is 6.07 Å². The highest BCUT2D eigenvalue weighted by Gasteiger charge is 2.19. The summed E-state index contributed by atoms with van der Waals surface area (Å²) in [6, 6.07) is 7.81. The summed E-state index contributed by atoms with van der Waals surface area (Å²) in [4.78, 5) is 11.6. The Balaban J connectivity index is 2.62. The molecule has 0 saturated carbocycles. The summed E-state index contributed by atoms with van der Waals surface area (Å²) in [6.07, 6.45) is 0.930. The molecule has 21 heavy (non-hydrogen) atoms. The fraction of sp³-hybridized carbons (Fsp3) is 0.333. The molecule has 0 unspecified atom stereocenters. The standard InChI is InChI=1S/C12H14N2O5S2/c1-20(16,17)6-7-21(18,19)9-12(15)14-11-4-2-10(8-13)3-5-11/h2-5H,6-7,9H2,1H3,(H,14,15). The second-order valence-electron chi connectivity index (χ2n) is 4.46. The van der Waals surface area contributed by atoms with Gasteiger partial charge < -0.3 is 5.32 Å². The highest BCUT2D eigenvalue weighted by atomic mass is 32.2. The Morgan fingerprint density at radius 1 is 1.14 bits per heavy atom. The number of carbonyl (C=O) groups excluding carboxylic acids is 1. The molecule has 0 saturated heterocycles. The van der Waals surface area contributed by atoms with Crippen LogP contribution in [-0.4, -0.2) is 46.3 Å². The Hall–Kier alpha value is -1.92. The predicted octanol–water partition coefficient (Wildman–Crippen LogP) is -0.0438. The van der Waals surface area contributed by atoms with Crippen molar-refractivity contribution in [2.45, 2.75) is 0 Å². The van der Waals surface area contributed by atoms with Crippen LogP contribution in [0, 0.1) is 11.3 Å². The SMILES string of the molecule is CS(=O)(=O)CCS(=O)(=O)CC(=O)Nc1ccc(C#N)cc1. The zero-order valence-electron chi connectivity index (χ0n) is 11.2. The number of anilines is 1. The van der Waals surface area contributed by atoms with Crippen LogP contribution in [-0.2, 0) is 24.5 Å². The number of nitriles is 1. The van der Waals surface area contributed by atoms with Crippen LogP contribution in [0.15, 0.2) is 24.3 Å². The number of hydrogen-bond donors (Lipinski definition) is 1. The first-order chi connectivity index (χ1) is 9.61. The van der Waals surface area contributed by atoms with E-state index in [1.54, 1.807) is 0 Å². The first-order valence-electron chi connectivity index (χ1n) is 5.79. The summed E-state index contributed by atoms with van der Waals surface area (Å²) in [5.41, 5.74) is 0.770. The molecule has 1 aromatic rings. The monoisotopic (exact) mass is 330 g/mol. The topological polar surface area (TPSA) is 121 Å². The molecule has 0 spiro atoms. The molecule has 1 amide bonds. The summed E-state index contributed by atoms with van der Waals surface area (Å²) >= 11 is 0. The molecule has 0 atom stereocenters. The summed E-state index contributed by atoms with van der Waals surface area (Å²) in [5, 5.41) is 11.0. The highest BCUT2D eigenvalue weighted by Crippen LogP contribution is 2.09. The molecule has 0 fully saturated rings. The van der Waals surface area contributed by atoms with Crippen LogP contribution in [0.1, 0.15) is 5.56 Å². The molecule has 0 aliphatic carbocycles. The van der Waals surface area contributed by atoms with Gasteiger partial charge in [-0.2, -0.15) is 5.26 Å². The zero-order valence-corrected chi connectivity index (χ0v) is 12.9. The average Bonchev–Trinajstić information content (AvgIpc) is 2.36. The molecule has 0 radical (unpaired) electrons. The van der Waals surface area contributed by atoms with Gasteiger partial charge in [0.15, 0.2) is 9.84 Å². The van der Waals surface area contributed by atoms with E-state index in [-0.39, 0.29) is 0 Å². The molecule has 0 aliphatic heterocycles. The minimum absolute atomic E-state index is 0.359. The van der Waals surface area contributed by atoms with E-state index in [0.29, 0.717) is 11.3 Å². The van der Waals surface area contributed by atoms with Gasteiger partial charge in [0.05, 0.1) is 23.1 Å². The van der Waals surface area contributed by atoms with E-state index in [1.165, 1.54) is 24.3 Å². The zero-order chi connectivity index (χ0) is 16.1. The van der Waals surface area contributed by atoms with Gasteiger partial charge in [0.1, 0.15) is 15.6 Å². The fourth-order valence-electron chi connectivity index (χ4n) is 1.38. The van der Waals surface area contributed by atoms with Crippen molar-refractivity contribution in [1.29, 1.82) is 5.26 Å². The number of nitrogens with zero attached hydrogens (tertiary/aromatic N) is 1. The van der Waals surface area contributed by atoms with Crippen molar-refractivity contribution in [2.24, 2.45) is 0 Å². The lowest BCUT2D eigenvalue weighted by molar-refractivity contribution is -0.113. The van der Waals surface area contributed by atoms with Crippen LogP contribution in [0.5, 0.6) is 0 Å². The third-order valence-electron chi connectivity index (χ3n) is 2.41. The molecule has 114 valence electrons. The van der Waals surface area contributed by atoms with E-state index in [0.717, 1.165) is 6.26 Å². The first-order valence-corrected chi connectivity index (χ1v) is 9.68. The van der Waals surface area contributed by atoms with Gasteiger partial charge in [-0.1, -0.05) is 0 Å². The number of amides is 1. The number of carbonyl (C=O) groups is 1. The molecule has 9 heteroatoms. The minimum Gasteiger partial charge on any atom is -0.325 e. The van der Waals surface area contributed by atoms with E-state index < -0.39 is 42.8 Å². The van der Waals surface area contributed by atoms with Crippen molar-refractivity contribution >= 4 is 31.3 Å². The quantitative estimate of drug-likeness (QED) is 0.781. The van der Waals surface area contributed by atoms with E-state index in [2.05, 4.69) is 5.32 Å². The third-order valence-corrected chi connectivity index (χ3v) is 5.15. The summed E-state index contributed by atoms with van der Waals surface area (Å²) < 4.78 is 45.1. The number of benzene rings is 1. The molecule has 0 bridgehead atoms. The smallest absolute Gasteiger partial charge is 0.239 e. The average molecular weight is 330 g/mol. The second kappa shape index (κ2) is 6.69. The van der Waals surface area contributed by atoms with Gasteiger partial charge in [-0.15, -0.1) is 0 Å². The molecule has 0 aromatic heterocycles. The maximum atomic E-state index is 11.6. The second-order valence-corrected chi connectivity index (χ2v) is 8.90. The molecule has 1 rings (SSSR count). The van der Waals surface area contributed by atoms with Crippen molar-refractivity contribution < 1.29 is 21.6 Å². The number of sulfone groups is 2. The van der Waals surface area contributed by atoms with Gasteiger partial charge in [0.2, 0.25) is 5.91 Å². The minimum atomic E-state index is -3.79. The van der Waals surface area contributed by atoms with Crippen molar-refractivity contribution in [3.05, 3.63) is 29.8 Å². The maximum Gasteiger partial charge on any atom is 0.239 e. The van der Waals surface area contributed by atoms with E-state index in [9.17, 15) is 21.6 Å². The van der Waals surface area contributed by atoms with E-state index >= 15 is 0 Å². The lowest BCUT2D eigenvalue weighted by atomic mass is 10.2. The van der Waals surface area contributed by atoms with Gasteiger partial charge in [-0.05, 0) is 24.3 Å². The lowest BCUT2D eigenvalue weighted by Gasteiger charge is -2.06. The molecular formula is C12H14N2O5S2. The van der Waals surface area contributed by atoms with Crippen LogP contribution in [0.3, 0.4) is 0 Å². The normalized spacial score (nSPS) is 11.6. The van der Waals surface area contributed by atoms with Crippen molar-refractivity contribution in [2.75, 3.05) is 28.8 Å². The molecule has 0 aliphatic rings. The first kappa shape index (κ1) is 17.1. The maximum absolute atomic E-state index is 11.6. The molecule has 1 N–H and O–H groups in total. The van der Waals surface area contributed by atoms with Gasteiger partial charge >= 0.3 is 0 Å². The fourth-order valence-corrected chi connectivity index (χ4v) is 4.22. The van der Waals surface area contributed by atoms with Crippen molar-refractivity contribution in [1.82, 2.24) is 0 Å². The van der Waals surface area contributed by atoms with Crippen LogP contribution >= 0.6 is 0 Å². The Kier molecular flexibility index (Phi) is 5.46. The van der Waals surface area contributed by atoms with E-state index in [4.69, 9.17) is 5.26 Å². The Bertz CT molecular complexity index is 759. The van der Waals surface area contributed by atoms with Gasteiger partial charge in [0.25, 0.3) is 0 Å². The van der Waals surface area contributed by atoms with Gasteiger partial charge in [-0.25, -0.2) is 16.8 Å². The molecule has 1 aromatic carbocycles. The number of nitrogens with one attached hydrogen (secondary N) is 1. The summed E-state index contributed by atoms with van der Waals surface area (Å²) in [5.74, 6) is -2.65. The number of hydrogen-bond acceptors (Lipinski definition) is 6. The highest BCUT2D eigenvalue weighted by molar-refractivity contribution is 7.95. The van der Waals surface area contributed by atoms with Crippen molar-refractivity contribution in [3.63, 3.8) is 0 Å². The number of rotatable bonds is 6. The molecule has 0 heterocycles. The van der Waals surface area contributed by atoms with E-state index in [1.807, 2.05) is 6.07 Å². The lowest BCUT2D eigenvalue weighted by Crippen LogP contribution is -2.27. The van der Waals surface area contributed by atoms with Crippen LogP contribution in [0.25, 0.3) is 0 Å². The van der Waals surface area contributed by atoms with Gasteiger partial charge in [-0.3, -0.25) is 4.79 Å². The molecular weight excluding hydrogens is 316 g/mol. The van der Waals surface area contributed by atoms with Crippen LogP contribution in [0.4, 0.5) is 5.69 Å². The third kappa shape index (κ3) is 6.87. The van der Waals surface area contributed by atoms with Crippen LogP contribution in [0.2, 0.25) is 0 Å². The molecule has 7 nitrogen and oxygen atoms in total. The Morgan fingerprint density at radius 2 is 1.71 bits per heavy atom.